The molecule has 7 heteroatoms. The zero-order chi connectivity index (χ0) is 20.3. The van der Waals surface area contributed by atoms with E-state index in [2.05, 4.69) is 10.6 Å². The fourth-order valence-electron chi connectivity index (χ4n) is 3.14. The van der Waals surface area contributed by atoms with Crippen molar-refractivity contribution >= 4 is 40.7 Å². The number of carbonyl (C=O) groups is 3. The van der Waals surface area contributed by atoms with Crippen LogP contribution >= 0.6 is 11.6 Å². The van der Waals surface area contributed by atoms with Gasteiger partial charge in [0.15, 0.2) is 0 Å². The first-order valence-corrected chi connectivity index (χ1v) is 9.49. The third-order valence-corrected chi connectivity index (χ3v) is 4.70. The maximum absolute atomic E-state index is 12.8. The molecule has 2 aromatic carbocycles. The van der Waals surface area contributed by atoms with Gasteiger partial charge in [0.05, 0.1) is 17.2 Å². The Balaban J connectivity index is 1.73. The van der Waals surface area contributed by atoms with Crippen LogP contribution in [0.1, 0.15) is 30.6 Å². The van der Waals surface area contributed by atoms with E-state index >= 15 is 0 Å². The third-order valence-electron chi connectivity index (χ3n) is 4.47. The molecular weight excluding hydrogens is 378 g/mol. The minimum Gasteiger partial charge on any atom is -0.350 e. The van der Waals surface area contributed by atoms with Crippen LogP contribution in [0.15, 0.2) is 48.5 Å². The van der Waals surface area contributed by atoms with E-state index in [-0.39, 0.29) is 36.7 Å². The van der Waals surface area contributed by atoms with Gasteiger partial charge in [-0.25, -0.2) is 0 Å². The summed E-state index contributed by atoms with van der Waals surface area (Å²) in [5, 5.41) is 6.15. The lowest BCUT2D eigenvalue weighted by Crippen LogP contribution is -2.32. The molecule has 28 heavy (non-hydrogen) atoms. The smallest absolute Gasteiger partial charge is 0.253 e. The molecule has 1 heterocycles. The molecular formula is C21H22ClN3O3. The number of hydrogen-bond acceptors (Lipinski definition) is 3. The summed E-state index contributed by atoms with van der Waals surface area (Å²) in [4.78, 5) is 39.1. The Morgan fingerprint density at radius 2 is 1.89 bits per heavy atom. The standard InChI is InChI=1S/C21H22ClN3O3/c1-13(2)23-21(28)17-8-3-4-9-18(17)24-20(27)14-10-19(26)25(12-14)16-7-5-6-15(22)11-16/h3-9,11,13-14H,10,12H2,1-2H3,(H,23,28)(H,24,27). The summed E-state index contributed by atoms with van der Waals surface area (Å²) in [7, 11) is 0. The Morgan fingerprint density at radius 1 is 1.14 bits per heavy atom. The van der Waals surface area contributed by atoms with E-state index in [1.165, 1.54) is 0 Å². The predicted molar refractivity (Wildman–Crippen MR) is 110 cm³/mol. The number of nitrogens with zero attached hydrogens (tertiary/aromatic N) is 1. The maximum atomic E-state index is 12.8. The average molecular weight is 400 g/mol. The van der Waals surface area contributed by atoms with Crippen molar-refractivity contribution < 1.29 is 14.4 Å². The highest BCUT2D eigenvalue weighted by atomic mass is 35.5. The topological polar surface area (TPSA) is 78.5 Å². The van der Waals surface area contributed by atoms with Crippen molar-refractivity contribution in [2.45, 2.75) is 26.3 Å². The zero-order valence-corrected chi connectivity index (χ0v) is 16.5. The largest absolute Gasteiger partial charge is 0.350 e. The van der Waals surface area contributed by atoms with E-state index in [9.17, 15) is 14.4 Å². The van der Waals surface area contributed by atoms with E-state index in [0.29, 0.717) is 22.0 Å². The van der Waals surface area contributed by atoms with Crippen molar-refractivity contribution in [2.75, 3.05) is 16.8 Å². The summed E-state index contributed by atoms with van der Waals surface area (Å²) in [6.07, 6.45) is 0.110. The molecule has 1 atom stereocenters. The summed E-state index contributed by atoms with van der Waals surface area (Å²) in [6.45, 7) is 4.01. The number of halogens is 1. The molecule has 3 amide bonds. The number of anilines is 2. The summed E-state index contributed by atoms with van der Waals surface area (Å²) < 4.78 is 0. The predicted octanol–water partition coefficient (Wildman–Crippen LogP) is 3.47. The van der Waals surface area contributed by atoms with Gasteiger partial charge < -0.3 is 15.5 Å². The lowest BCUT2D eigenvalue weighted by molar-refractivity contribution is -0.122. The van der Waals surface area contributed by atoms with E-state index < -0.39 is 5.92 Å². The second-order valence-corrected chi connectivity index (χ2v) is 7.48. The number of para-hydroxylation sites is 1. The molecule has 2 aromatic rings. The Labute approximate surface area is 168 Å². The average Bonchev–Trinajstić information content (AvgIpc) is 3.03. The van der Waals surface area contributed by atoms with Gasteiger partial charge >= 0.3 is 0 Å². The van der Waals surface area contributed by atoms with Crippen molar-refractivity contribution in [3.63, 3.8) is 0 Å². The van der Waals surface area contributed by atoms with Crippen molar-refractivity contribution in [2.24, 2.45) is 5.92 Å². The molecule has 146 valence electrons. The molecule has 0 spiro atoms. The highest BCUT2D eigenvalue weighted by Crippen LogP contribution is 2.28. The van der Waals surface area contributed by atoms with Gasteiger partial charge in [-0.05, 0) is 44.2 Å². The number of amides is 3. The van der Waals surface area contributed by atoms with Crippen LogP contribution in [0.25, 0.3) is 0 Å². The number of hydrogen-bond donors (Lipinski definition) is 2. The summed E-state index contributed by atoms with van der Waals surface area (Å²) in [6, 6.07) is 13.8. The molecule has 1 saturated heterocycles. The lowest BCUT2D eigenvalue weighted by atomic mass is 10.1. The monoisotopic (exact) mass is 399 g/mol. The van der Waals surface area contributed by atoms with Crippen LogP contribution in [-0.4, -0.2) is 30.3 Å². The van der Waals surface area contributed by atoms with Gasteiger partial charge in [0.25, 0.3) is 5.91 Å². The Morgan fingerprint density at radius 3 is 2.61 bits per heavy atom. The summed E-state index contributed by atoms with van der Waals surface area (Å²) in [5.74, 6) is -1.18. The van der Waals surface area contributed by atoms with Gasteiger partial charge in [-0.3, -0.25) is 14.4 Å². The zero-order valence-electron chi connectivity index (χ0n) is 15.7. The van der Waals surface area contributed by atoms with Crippen LogP contribution in [-0.2, 0) is 9.59 Å². The van der Waals surface area contributed by atoms with Crippen LogP contribution in [0.3, 0.4) is 0 Å². The quantitative estimate of drug-likeness (QED) is 0.808. The molecule has 0 aliphatic carbocycles. The molecule has 0 radical (unpaired) electrons. The second-order valence-electron chi connectivity index (χ2n) is 7.05. The van der Waals surface area contributed by atoms with E-state index in [0.717, 1.165) is 0 Å². The molecule has 0 aromatic heterocycles. The number of benzene rings is 2. The Bertz CT molecular complexity index is 913. The van der Waals surface area contributed by atoms with Gasteiger partial charge in [0, 0.05) is 29.7 Å². The first-order valence-electron chi connectivity index (χ1n) is 9.12. The van der Waals surface area contributed by atoms with Crippen molar-refractivity contribution in [3.05, 3.63) is 59.1 Å². The first-order chi connectivity index (χ1) is 13.3. The minimum atomic E-state index is -0.507. The van der Waals surface area contributed by atoms with Crippen LogP contribution in [0.5, 0.6) is 0 Å². The lowest BCUT2D eigenvalue weighted by Gasteiger charge is -2.17. The van der Waals surface area contributed by atoms with Crippen LogP contribution in [0, 0.1) is 5.92 Å². The van der Waals surface area contributed by atoms with Gasteiger partial charge in [0.1, 0.15) is 0 Å². The molecule has 2 N–H and O–H groups in total. The number of carbonyl (C=O) groups excluding carboxylic acids is 3. The van der Waals surface area contributed by atoms with E-state index in [1.807, 2.05) is 13.8 Å². The van der Waals surface area contributed by atoms with Crippen molar-refractivity contribution in [1.29, 1.82) is 0 Å². The Kier molecular flexibility index (Phi) is 5.99. The molecule has 1 aliphatic rings. The van der Waals surface area contributed by atoms with Crippen LogP contribution in [0.2, 0.25) is 5.02 Å². The normalized spacial score (nSPS) is 16.4. The molecule has 1 aliphatic heterocycles. The fourth-order valence-corrected chi connectivity index (χ4v) is 3.33. The molecule has 0 bridgehead atoms. The highest BCUT2D eigenvalue weighted by molar-refractivity contribution is 6.31. The molecule has 6 nitrogen and oxygen atoms in total. The van der Waals surface area contributed by atoms with Crippen LogP contribution < -0.4 is 15.5 Å². The SMILES string of the molecule is CC(C)NC(=O)c1ccccc1NC(=O)C1CC(=O)N(c2cccc(Cl)c2)C1. The Hall–Kier alpha value is -2.86. The van der Waals surface area contributed by atoms with Gasteiger partial charge in [-0.2, -0.15) is 0 Å². The van der Waals surface area contributed by atoms with Crippen molar-refractivity contribution in [1.82, 2.24) is 5.32 Å². The summed E-state index contributed by atoms with van der Waals surface area (Å²) >= 11 is 6.01. The third kappa shape index (κ3) is 4.51. The van der Waals surface area contributed by atoms with Gasteiger partial charge in [-0.15, -0.1) is 0 Å². The molecule has 3 rings (SSSR count). The molecule has 1 fully saturated rings. The van der Waals surface area contributed by atoms with E-state index in [1.54, 1.807) is 53.4 Å². The molecule has 1 unspecified atom stereocenters. The molecule has 0 saturated carbocycles. The first kappa shape index (κ1) is 19.9. The number of nitrogens with one attached hydrogen (secondary N) is 2. The number of rotatable bonds is 5. The minimum absolute atomic E-state index is 0.0186. The fraction of sp³-hybridized carbons (Fsp3) is 0.286. The van der Waals surface area contributed by atoms with E-state index in [4.69, 9.17) is 11.6 Å². The van der Waals surface area contributed by atoms with Gasteiger partial charge in [-0.1, -0.05) is 29.8 Å². The maximum Gasteiger partial charge on any atom is 0.253 e. The van der Waals surface area contributed by atoms with Gasteiger partial charge in [0.2, 0.25) is 11.8 Å². The second kappa shape index (κ2) is 8.44. The highest BCUT2D eigenvalue weighted by Gasteiger charge is 2.35. The van der Waals surface area contributed by atoms with Crippen molar-refractivity contribution in [3.8, 4) is 0 Å². The van der Waals surface area contributed by atoms with Crippen LogP contribution in [0.4, 0.5) is 11.4 Å². The summed E-state index contributed by atoms with van der Waals surface area (Å²) in [5.41, 5.74) is 1.49.